The number of amides is 1. The molecule has 1 aromatic heterocycles. The summed E-state index contributed by atoms with van der Waals surface area (Å²) in [5.41, 5.74) is 4.76. The predicted molar refractivity (Wildman–Crippen MR) is 144 cm³/mol. The third-order valence-corrected chi connectivity index (χ3v) is 7.18. The molecule has 0 radical (unpaired) electrons. The minimum atomic E-state index is 0.0959. The van der Waals surface area contributed by atoms with Gasteiger partial charge in [-0.1, -0.05) is 43.3 Å². The molecular weight excluding hydrogens is 434 g/mol. The van der Waals surface area contributed by atoms with Gasteiger partial charge in [-0.05, 0) is 73.6 Å². The molecule has 1 aliphatic rings. The van der Waals surface area contributed by atoms with Crippen molar-refractivity contribution in [1.29, 1.82) is 0 Å². The summed E-state index contributed by atoms with van der Waals surface area (Å²) in [5, 5.41) is 3.42. The SMILES string of the molecule is CCOc1cc2occ(-c3ccc4ccccc4c3)c2cc1/C(C)=C/C(=O)N1CCCCC1CC. The molecule has 0 aliphatic carbocycles. The van der Waals surface area contributed by atoms with Gasteiger partial charge in [-0.2, -0.15) is 0 Å². The summed E-state index contributed by atoms with van der Waals surface area (Å²) in [5.74, 6) is 0.838. The van der Waals surface area contributed by atoms with Gasteiger partial charge in [0, 0.05) is 41.2 Å². The quantitative estimate of drug-likeness (QED) is 0.271. The zero-order valence-corrected chi connectivity index (χ0v) is 20.8. The zero-order valence-electron chi connectivity index (χ0n) is 20.8. The molecule has 5 rings (SSSR count). The number of ether oxygens (including phenoxy) is 1. The van der Waals surface area contributed by atoms with E-state index in [1.807, 2.05) is 31.1 Å². The fourth-order valence-corrected chi connectivity index (χ4v) is 5.28. The van der Waals surface area contributed by atoms with Crippen molar-refractivity contribution in [2.45, 2.75) is 52.5 Å². The highest BCUT2D eigenvalue weighted by molar-refractivity contribution is 6.01. The lowest BCUT2D eigenvalue weighted by Crippen LogP contribution is -2.42. The molecule has 0 N–H and O–H groups in total. The molecule has 1 unspecified atom stereocenters. The Labute approximate surface area is 207 Å². The Morgan fingerprint density at radius 3 is 2.71 bits per heavy atom. The van der Waals surface area contributed by atoms with Crippen LogP contribution in [-0.4, -0.2) is 30.0 Å². The first-order valence-electron chi connectivity index (χ1n) is 12.8. The molecule has 3 aromatic carbocycles. The van der Waals surface area contributed by atoms with Gasteiger partial charge in [0.25, 0.3) is 0 Å². The van der Waals surface area contributed by atoms with Gasteiger partial charge in [-0.15, -0.1) is 0 Å². The number of nitrogens with zero attached hydrogens (tertiary/aromatic N) is 1. The number of carbonyl (C=O) groups is 1. The van der Waals surface area contributed by atoms with Crippen molar-refractivity contribution in [2.24, 2.45) is 0 Å². The van der Waals surface area contributed by atoms with Crippen molar-refractivity contribution in [3.05, 3.63) is 72.5 Å². The van der Waals surface area contributed by atoms with E-state index in [2.05, 4.69) is 55.5 Å². The average Bonchev–Trinajstić information content (AvgIpc) is 3.30. The maximum Gasteiger partial charge on any atom is 0.247 e. The summed E-state index contributed by atoms with van der Waals surface area (Å²) in [6.45, 7) is 7.53. The minimum absolute atomic E-state index is 0.0959. The van der Waals surface area contributed by atoms with Gasteiger partial charge in [0.05, 0.1) is 12.9 Å². The summed E-state index contributed by atoms with van der Waals surface area (Å²) in [6, 6.07) is 19.2. The lowest BCUT2D eigenvalue weighted by Gasteiger charge is -2.34. The Balaban J connectivity index is 1.56. The standard InChI is InChI=1S/C31H33NO3/c1-4-25-12-8-9-15-32(25)31(33)16-21(3)26-18-27-28(20-35-30(27)19-29(26)34-5-2)24-14-13-22-10-6-7-11-23(22)17-24/h6-7,10-11,13-14,16-20,25H,4-5,8-9,12,15H2,1-3H3/b21-16+. The third-order valence-electron chi connectivity index (χ3n) is 7.18. The fourth-order valence-electron chi connectivity index (χ4n) is 5.28. The third kappa shape index (κ3) is 4.58. The van der Waals surface area contributed by atoms with Gasteiger partial charge >= 0.3 is 0 Å². The second-order valence-corrected chi connectivity index (χ2v) is 9.41. The van der Waals surface area contributed by atoms with Crippen LogP contribution in [0.3, 0.4) is 0 Å². The van der Waals surface area contributed by atoms with E-state index in [9.17, 15) is 4.79 Å². The Bertz CT molecular complexity index is 1400. The number of benzene rings is 3. The van der Waals surface area contributed by atoms with Crippen molar-refractivity contribution in [3.8, 4) is 16.9 Å². The average molecular weight is 468 g/mol. The van der Waals surface area contributed by atoms with Gasteiger partial charge in [0.15, 0.2) is 0 Å². The van der Waals surface area contributed by atoms with Crippen molar-refractivity contribution in [2.75, 3.05) is 13.2 Å². The highest BCUT2D eigenvalue weighted by atomic mass is 16.5. The van der Waals surface area contributed by atoms with Crippen molar-refractivity contribution >= 4 is 33.2 Å². The lowest BCUT2D eigenvalue weighted by molar-refractivity contribution is -0.129. The molecule has 1 aliphatic heterocycles. The molecule has 1 atom stereocenters. The first-order valence-corrected chi connectivity index (χ1v) is 12.8. The Morgan fingerprint density at radius 1 is 1.09 bits per heavy atom. The molecule has 0 bridgehead atoms. The van der Waals surface area contributed by atoms with Gasteiger partial charge in [-0.25, -0.2) is 0 Å². The highest BCUT2D eigenvalue weighted by Gasteiger charge is 2.24. The van der Waals surface area contributed by atoms with E-state index in [4.69, 9.17) is 9.15 Å². The summed E-state index contributed by atoms with van der Waals surface area (Å²) in [7, 11) is 0. The van der Waals surface area contributed by atoms with Crippen LogP contribution in [0.4, 0.5) is 0 Å². The second-order valence-electron chi connectivity index (χ2n) is 9.41. The molecule has 4 aromatic rings. The first-order chi connectivity index (χ1) is 17.1. The number of hydrogen-bond acceptors (Lipinski definition) is 3. The van der Waals surface area contributed by atoms with Crippen LogP contribution in [0.25, 0.3) is 38.4 Å². The van der Waals surface area contributed by atoms with Gasteiger partial charge in [0.1, 0.15) is 11.3 Å². The number of likely N-dealkylation sites (tertiary alicyclic amines) is 1. The maximum atomic E-state index is 13.2. The minimum Gasteiger partial charge on any atom is -0.493 e. The Kier molecular flexibility index (Phi) is 6.63. The summed E-state index contributed by atoms with van der Waals surface area (Å²) < 4.78 is 11.9. The van der Waals surface area contributed by atoms with Gasteiger partial charge < -0.3 is 14.1 Å². The van der Waals surface area contributed by atoms with Crippen LogP contribution in [0.2, 0.25) is 0 Å². The molecule has 4 nitrogen and oxygen atoms in total. The lowest BCUT2D eigenvalue weighted by atomic mass is 9.97. The number of rotatable bonds is 6. The number of carbonyl (C=O) groups excluding carboxylic acids is 1. The van der Waals surface area contributed by atoms with Crippen LogP contribution >= 0.6 is 0 Å². The Hall–Kier alpha value is -3.53. The fraction of sp³-hybridized carbons (Fsp3) is 0.323. The molecule has 4 heteroatoms. The van der Waals surface area contributed by atoms with Crippen molar-refractivity contribution in [1.82, 2.24) is 4.90 Å². The van der Waals surface area contributed by atoms with E-state index in [0.29, 0.717) is 12.6 Å². The predicted octanol–water partition coefficient (Wildman–Crippen LogP) is 7.85. The first kappa shape index (κ1) is 23.2. The van der Waals surface area contributed by atoms with E-state index in [0.717, 1.165) is 64.8 Å². The van der Waals surface area contributed by atoms with Crippen LogP contribution in [0.1, 0.15) is 52.0 Å². The topological polar surface area (TPSA) is 42.7 Å². The molecule has 0 saturated carbocycles. The zero-order chi connectivity index (χ0) is 24.4. The van der Waals surface area contributed by atoms with Crippen molar-refractivity contribution in [3.63, 3.8) is 0 Å². The molecule has 1 saturated heterocycles. The number of allylic oxidation sites excluding steroid dienone is 1. The van der Waals surface area contributed by atoms with E-state index >= 15 is 0 Å². The van der Waals surface area contributed by atoms with Crippen LogP contribution in [0, 0.1) is 0 Å². The molecule has 1 fully saturated rings. The molecule has 35 heavy (non-hydrogen) atoms. The normalized spacial score (nSPS) is 16.7. The Morgan fingerprint density at radius 2 is 1.91 bits per heavy atom. The monoisotopic (exact) mass is 467 g/mol. The largest absolute Gasteiger partial charge is 0.493 e. The number of hydrogen-bond donors (Lipinski definition) is 0. The van der Waals surface area contributed by atoms with Gasteiger partial charge in [0.2, 0.25) is 5.91 Å². The molecular formula is C31H33NO3. The number of fused-ring (bicyclic) bond motifs is 2. The van der Waals surface area contributed by atoms with E-state index < -0.39 is 0 Å². The second kappa shape index (κ2) is 9.99. The van der Waals surface area contributed by atoms with E-state index in [-0.39, 0.29) is 5.91 Å². The molecule has 0 spiro atoms. The molecule has 2 heterocycles. The van der Waals surface area contributed by atoms with Crippen LogP contribution in [-0.2, 0) is 4.79 Å². The summed E-state index contributed by atoms with van der Waals surface area (Å²) in [6.07, 6.45) is 7.98. The molecule has 180 valence electrons. The highest BCUT2D eigenvalue weighted by Crippen LogP contribution is 2.38. The summed E-state index contributed by atoms with van der Waals surface area (Å²) >= 11 is 0. The van der Waals surface area contributed by atoms with E-state index in [1.165, 1.54) is 17.2 Å². The van der Waals surface area contributed by atoms with Crippen LogP contribution < -0.4 is 4.74 Å². The van der Waals surface area contributed by atoms with Gasteiger partial charge in [-0.3, -0.25) is 4.79 Å². The number of piperidine rings is 1. The van der Waals surface area contributed by atoms with Crippen LogP contribution in [0.15, 0.2) is 71.4 Å². The smallest absolute Gasteiger partial charge is 0.247 e. The molecule has 1 amide bonds. The maximum absolute atomic E-state index is 13.2. The van der Waals surface area contributed by atoms with Crippen molar-refractivity contribution < 1.29 is 13.9 Å². The van der Waals surface area contributed by atoms with Crippen LogP contribution in [0.5, 0.6) is 5.75 Å². The number of furan rings is 1. The summed E-state index contributed by atoms with van der Waals surface area (Å²) in [4.78, 5) is 15.3. The van der Waals surface area contributed by atoms with E-state index in [1.54, 1.807) is 6.08 Å².